The quantitative estimate of drug-likeness (QED) is 0.779. The van der Waals surface area contributed by atoms with Crippen LogP contribution in [0.1, 0.15) is 21.5 Å². The number of ether oxygens (including phenoxy) is 1. The predicted molar refractivity (Wildman–Crippen MR) is 95.6 cm³/mol. The zero-order chi connectivity index (χ0) is 18.4. The van der Waals surface area contributed by atoms with E-state index in [0.717, 1.165) is 5.56 Å². The van der Waals surface area contributed by atoms with Crippen molar-refractivity contribution < 1.29 is 19.4 Å². The highest BCUT2D eigenvalue weighted by Crippen LogP contribution is 2.23. The van der Waals surface area contributed by atoms with Gasteiger partial charge in [0.2, 0.25) is 0 Å². The summed E-state index contributed by atoms with van der Waals surface area (Å²) in [6.45, 7) is -0.149. The number of benzene rings is 2. The van der Waals surface area contributed by atoms with Crippen molar-refractivity contribution in [2.45, 2.75) is 13.2 Å². The number of hydrogen-bond donors (Lipinski definition) is 1. The van der Waals surface area contributed by atoms with Crippen LogP contribution in [0.2, 0.25) is 10.0 Å². The summed E-state index contributed by atoms with van der Waals surface area (Å²) in [7, 11) is 1.61. The molecule has 5 nitrogen and oxygen atoms in total. The summed E-state index contributed by atoms with van der Waals surface area (Å²) < 4.78 is 5.03. The molecule has 0 atom stereocenters. The monoisotopic (exact) mass is 381 g/mol. The molecular formula is C18H17Cl2NO4. The summed E-state index contributed by atoms with van der Waals surface area (Å²) in [5, 5.41) is 9.84. The maximum absolute atomic E-state index is 12.1. The third-order valence-electron chi connectivity index (χ3n) is 3.53. The van der Waals surface area contributed by atoms with Crippen LogP contribution in [0.25, 0.3) is 0 Å². The summed E-state index contributed by atoms with van der Waals surface area (Å²) in [5.74, 6) is -0.938. The van der Waals surface area contributed by atoms with Crippen molar-refractivity contribution in [1.82, 2.24) is 4.90 Å². The molecule has 1 amide bonds. The summed E-state index contributed by atoms with van der Waals surface area (Å²) in [5.41, 5.74) is 1.82. The first kappa shape index (κ1) is 19.2. The lowest BCUT2D eigenvalue weighted by molar-refractivity contribution is -0.133. The second-order valence-corrected chi connectivity index (χ2v) is 6.24. The van der Waals surface area contributed by atoms with Gasteiger partial charge in [-0.15, -0.1) is 0 Å². The van der Waals surface area contributed by atoms with Crippen molar-refractivity contribution in [3.05, 3.63) is 69.2 Å². The number of esters is 1. The van der Waals surface area contributed by atoms with Crippen molar-refractivity contribution in [3.8, 4) is 0 Å². The van der Waals surface area contributed by atoms with Crippen LogP contribution < -0.4 is 0 Å². The number of hydrogen-bond acceptors (Lipinski definition) is 4. The van der Waals surface area contributed by atoms with E-state index < -0.39 is 5.97 Å². The van der Waals surface area contributed by atoms with E-state index in [0.29, 0.717) is 27.7 Å². The minimum atomic E-state index is -0.597. The van der Waals surface area contributed by atoms with Crippen LogP contribution in [0, 0.1) is 0 Å². The van der Waals surface area contributed by atoms with Crippen LogP contribution in [0.5, 0.6) is 0 Å². The fourth-order valence-electron chi connectivity index (χ4n) is 2.07. The molecule has 0 bridgehead atoms. The molecule has 0 aliphatic rings. The van der Waals surface area contributed by atoms with Gasteiger partial charge in [0.1, 0.15) is 0 Å². The van der Waals surface area contributed by atoms with Gasteiger partial charge < -0.3 is 14.7 Å². The van der Waals surface area contributed by atoms with E-state index in [1.807, 2.05) is 0 Å². The highest BCUT2D eigenvalue weighted by atomic mass is 35.5. The Bertz CT molecular complexity index is 762. The van der Waals surface area contributed by atoms with Gasteiger partial charge in [-0.1, -0.05) is 41.4 Å². The van der Waals surface area contributed by atoms with E-state index in [-0.39, 0.29) is 19.1 Å². The Balaban J connectivity index is 1.87. The number of likely N-dealkylation sites (N-methyl/N-ethyl adjacent to an activating group) is 1. The topological polar surface area (TPSA) is 66.8 Å². The average Bonchev–Trinajstić information content (AvgIpc) is 2.62. The largest absolute Gasteiger partial charge is 0.452 e. The Morgan fingerprint density at radius 2 is 1.68 bits per heavy atom. The first-order valence-corrected chi connectivity index (χ1v) is 8.21. The molecule has 0 unspecified atom stereocenters. The molecule has 0 aromatic heterocycles. The SMILES string of the molecule is CN(Cc1ccc(Cl)c(Cl)c1)C(=O)COC(=O)c1ccc(CO)cc1. The molecule has 25 heavy (non-hydrogen) atoms. The van der Waals surface area contributed by atoms with Crippen LogP contribution in [0.3, 0.4) is 0 Å². The minimum Gasteiger partial charge on any atom is -0.452 e. The van der Waals surface area contributed by atoms with Crippen LogP contribution in [-0.4, -0.2) is 35.5 Å². The van der Waals surface area contributed by atoms with Gasteiger partial charge in [-0.3, -0.25) is 4.79 Å². The van der Waals surface area contributed by atoms with E-state index in [2.05, 4.69) is 0 Å². The molecule has 2 aromatic rings. The molecule has 2 aromatic carbocycles. The van der Waals surface area contributed by atoms with Gasteiger partial charge in [0.25, 0.3) is 5.91 Å². The molecule has 0 saturated heterocycles. The lowest BCUT2D eigenvalue weighted by Crippen LogP contribution is -2.30. The van der Waals surface area contributed by atoms with Crippen LogP contribution in [0.15, 0.2) is 42.5 Å². The molecule has 0 saturated carbocycles. The molecule has 0 fully saturated rings. The van der Waals surface area contributed by atoms with Gasteiger partial charge in [0.05, 0.1) is 22.2 Å². The van der Waals surface area contributed by atoms with E-state index >= 15 is 0 Å². The summed E-state index contributed by atoms with van der Waals surface area (Å²) in [6, 6.07) is 11.4. The molecule has 1 N–H and O–H groups in total. The molecule has 0 aliphatic heterocycles. The molecule has 7 heteroatoms. The van der Waals surface area contributed by atoms with Gasteiger partial charge in [0, 0.05) is 13.6 Å². The van der Waals surface area contributed by atoms with Crippen molar-refractivity contribution >= 4 is 35.1 Å². The van der Waals surface area contributed by atoms with Crippen LogP contribution in [-0.2, 0) is 22.7 Å². The number of nitrogens with zero attached hydrogens (tertiary/aromatic N) is 1. The molecule has 0 radical (unpaired) electrons. The van der Waals surface area contributed by atoms with Crippen molar-refractivity contribution in [2.24, 2.45) is 0 Å². The van der Waals surface area contributed by atoms with Crippen molar-refractivity contribution in [1.29, 1.82) is 0 Å². The van der Waals surface area contributed by atoms with E-state index in [1.54, 1.807) is 37.4 Å². The Hall–Kier alpha value is -2.08. The van der Waals surface area contributed by atoms with Crippen LogP contribution in [0.4, 0.5) is 0 Å². The molecule has 0 heterocycles. The van der Waals surface area contributed by atoms with E-state index in [9.17, 15) is 9.59 Å². The summed E-state index contributed by atoms with van der Waals surface area (Å²) >= 11 is 11.8. The number of aliphatic hydroxyl groups is 1. The second kappa shape index (κ2) is 8.85. The molecule has 0 spiro atoms. The highest BCUT2D eigenvalue weighted by Gasteiger charge is 2.14. The molecule has 0 aliphatic carbocycles. The fraction of sp³-hybridized carbons (Fsp3) is 0.222. The first-order chi connectivity index (χ1) is 11.9. The number of halogens is 2. The lowest BCUT2D eigenvalue weighted by atomic mass is 10.1. The summed E-state index contributed by atoms with van der Waals surface area (Å²) in [6.07, 6.45) is 0. The highest BCUT2D eigenvalue weighted by molar-refractivity contribution is 6.42. The number of aliphatic hydroxyl groups excluding tert-OH is 1. The number of rotatable bonds is 6. The zero-order valence-electron chi connectivity index (χ0n) is 13.5. The maximum Gasteiger partial charge on any atom is 0.338 e. The summed E-state index contributed by atoms with van der Waals surface area (Å²) in [4.78, 5) is 25.4. The van der Waals surface area contributed by atoms with Crippen LogP contribution >= 0.6 is 23.2 Å². The van der Waals surface area contributed by atoms with E-state index in [1.165, 1.54) is 17.0 Å². The standard InChI is InChI=1S/C18H17Cl2NO4/c1-21(9-13-4-7-15(19)16(20)8-13)17(23)11-25-18(24)14-5-2-12(10-22)3-6-14/h2-8,22H,9-11H2,1H3. The van der Waals surface area contributed by atoms with Gasteiger partial charge in [-0.25, -0.2) is 4.79 Å². The second-order valence-electron chi connectivity index (χ2n) is 5.43. The van der Waals surface area contributed by atoms with Gasteiger partial charge in [-0.2, -0.15) is 0 Å². The Morgan fingerprint density at radius 3 is 2.28 bits per heavy atom. The van der Waals surface area contributed by atoms with Crippen molar-refractivity contribution in [3.63, 3.8) is 0 Å². The lowest BCUT2D eigenvalue weighted by Gasteiger charge is -2.17. The number of carbonyl (C=O) groups is 2. The first-order valence-electron chi connectivity index (χ1n) is 7.45. The fourth-order valence-corrected chi connectivity index (χ4v) is 2.39. The average molecular weight is 382 g/mol. The Morgan fingerprint density at radius 1 is 1.04 bits per heavy atom. The smallest absolute Gasteiger partial charge is 0.338 e. The third kappa shape index (κ3) is 5.46. The van der Waals surface area contributed by atoms with Gasteiger partial charge in [-0.05, 0) is 35.4 Å². The predicted octanol–water partition coefficient (Wildman–Crippen LogP) is 3.30. The molecular weight excluding hydrogens is 365 g/mol. The van der Waals surface area contributed by atoms with Crippen molar-refractivity contribution in [2.75, 3.05) is 13.7 Å². The normalized spacial score (nSPS) is 10.4. The maximum atomic E-state index is 12.1. The van der Waals surface area contributed by atoms with Gasteiger partial charge in [0.15, 0.2) is 6.61 Å². The van der Waals surface area contributed by atoms with E-state index in [4.69, 9.17) is 33.0 Å². The third-order valence-corrected chi connectivity index (χ3v) is 4.27. The molecule has 132 valence electrons. The Labute approximate surface area is 155 Å². The zero-order valence-corrected chi connectivity index (χ0v) is 15.0. The number of carbonyl (C=O) groups excluding carboxylic acids is 2. The van der Waals surface area contributed by atoms with Gasteiger partial charge >= 0.3 is 5.97 Å². The Kier molecular flexibility index (Phi) is 6.82. The number of amides is 1. The minimum absolute atomic E-state index is 0.104. The molecule has 2 rings (SSSR count).